The molecule has 0 saturated carbocycles. The van der Waals surface area contributed by atoms with Crippen LogP contribution in [0.5, 0.6) is 11.5 Å². The minimum absolute atomic E-state index is 0.0880. The number of fused-ring (bicyclic) bond motifs is 1. The van der Waals surface area contributed by atoms with Gasteiger partial charge >= 0.3 is 0 Å². The Labute approximate surface area is 116 Å². The van der Waals surface area contributed by atoms with Crippen LogP contribution in [-0.4, -0.2) is 26.3 Å². The average molecular weight is 263 g/mol. The summed E-state index contributed by atoms with van der Waals surface area (Å²) in [5.74, 6) is 2.41. The van der Waals surface area contributed by atoms with E-state index >= 15 is 0 Å². The molecule has 3 nitrogen and oxygen atoms in total. The van der Waals surface area contributed by atoms with Gasteiger partial charge in [0.05, 0.1) is 0 Å². The molecular formula is C16H25NO2. The van der Waals surface area contributed by atoms with Crippen molar-refractivity contribution in [2.24, 2.45) is 5.92 Å². The number of hydrogen-bond donors (Lipinski definition) is 1. The molecular weight excluding hydrogens is 238 g/mol. The summed E-state index contributed by atoms with van der Waals surface area (Å²) in [7, 11) is 0. The lowest BCUT2D eigenvalue weighted by Gasteiger charge is -2.28. The topological polar surface area (TPSA) is 30.5 Å². The van der Waals surface area contributed by atoms with Gasteiger partial charge in [0.25, 0.3) is 0 Å². The van der Waals surface area contributed by atoms with Crippen LogP contribution < -0.4 is 14.8 Å². The fourth-order valence-corrected chi connectivity index (χ4v) is 2.24. The molecule has 1 aromatic rings. The molecule has 1 aliphatic rings. The van der Waals surface area contributed by atoms with E-state index in [1.807, 2.05) is 6.07 Å². The molecule has 0 radical (unpaired) electrons. The van der Waals surface area contributed by atoms with Crippen LogP contribution in [0.3, 0.4) is 0 Å². The van der Waals surface area contributed by atoms with E-state index in [0.717, 1.165) is 24.6 Å². The van der Waals surface area contributed by atoms with E-state index in [9.17, 15) is 0 Å². The highest BCUT2D eigenvalue weighted by Gasteiger charge is 2.23. The summed E-state index contributed by atoms with van der Waals surface area (Å²) in [5.41, 5.74) is 1.37. The molecule has 0 unspecified atom stereocenters. The van der Waals surface area contributed by atoms with E-state index in [-0.39, 0.29) is 5.41 Å². The van der Waals surface area contributed by atoms with Gasteiger partial charge in [0.15, 0.2) is 11.5 Å². The summed E-state index contributed by atoms with van der Waals surface area (Å²) in [6.45, 7) is 12.3. The first kappa shape index (κ1) is 14.2. The largest absolute Gasteiger partial charge is 0.486 e. The molecule has 3 heteroatoms. The summed E-state index contributed by atoms with van der Waals surface area (Å²) in [4.78, 5) is 0. The van der Waals surface area contributed by atoms with Crippen molar-refractivity contribution >= 4 is 0 Å². The van der Waals surface area contributed by atoms with Crippen molar-refractivity contribution in [1.82, 2.24) is 5.32 Å². The van der Waals surface area contributed by atoms with E-state index in [2.05, 4.69) is 45.1 Å². The minimum Gasteiger partial charge on any atom is -0.486 e. The van der Waals surface area contributed by atoms with Crippen LogP contribution in [0.2, 0.25) is 0 Å². The van der Waals surface area contributed by atoms with Gasteiger partial charge in [0.1, 0.15) is 13.2 Å². The molecule has 0 amide bonds. The molecule has 0 spiro atoms. The molecule has 1 N–H and O–H groups in total. The first-order valence-electron chi connectivity index (χ1n) is 7.10. The lowest BCUT2D eigenvalue weighted by molar-refractivity contribution is 0.171. The van der Waals surface area contributed by atoms with Crippen molar-refractivity contribution in [1.29, 1.82) is 0 Å². The monoisotopic (exact) mass is 263 g/mol. The molecule has 0 atom stereocenters. The van der Waals surface area contributed by atoms with E-state index in [4.69, 9.17) is 9.47 Å². The van der Waals surface area contributed by atoms with Crippen LogP contribution in [0.25, 0.3) is 0 Å². The third-order valence-electron chi connectivity index (χ3n) is 3.44. The Bertz CT molecular complexity index is 427. The van der Waals surface area contributed by atoms with Crippen molar-refractivity contribution in [2.45, 2.75) is 33.1 Å². The Morgan fingerprint density at radius 2 is 1.84 bits per heavy atom. The molecule has 0 aliphatic carbocycles. The number of hydrogen-bond acceptors (Lipinski definition) is 3. The molecule has 1 heterocycles. The summed E-state index contributed by atoms with van der Waals surface area (Å²) in [6, 6.07) is 6.28. The van der Waals surface area contributed by atoms with Crippen LogP contribution in [0, 0.1) is 5.92 Å². The SMILES string of the molecule is CC(C)CNCC(C)(C)c1ccc2c(c1)OCCO2. The number of benzene rings is 1. The Balaban J connectivity index is 2.07. The molecule has 0 fully saturated rings. The smallest absolute Gasteiger partial charge is 0.161 e. The maximum atomic E-state index is 5.66. The zero-order chi connectivity index (χ0) is 13.9. The van der Waals surface area contributed by atoms with Gasteiger partial charge in [-0.25, -0.2) is 0 Å². The fourth-order valence-electron chi connectivity index (χ4n) is 2.24. The van der Waals surface area contributed by atoms with Crippen LogP contribution in [0.15, 0.2) is 18.2 Å². The predicted molar refractivity (Wildman–Crippen MR) is 78.2 cm³/mol. The van der Waals surface area contributed by atoms with Crippen LogP contribution in [0.4, 0.5) is 0 Å². The van der Waals surface area contributed by atoms with E-state index < -0.39 is 0 Å². The van der Waals surface area contributed by atoms with Gasteiger partial charge < -0.3 is 14.8 Å². The molecule has 19 heavy (non-hydrogen) atoms. The lowest BCUT2D eigenvalue weighted by Crippen LogP contribution is -2.35. The standard InChI is InChI=1S/C16H25NO2/c1-12(2)10-17-11-16(3,4)13-5-6-14-15(9-13)19-8-7-18-14/h5-6,9,12,17H,7-8,10-11H2,1-4H3. The summed E-state index contributed by atoms with van der Waals surface area (Å²) < 4.78 is 11.2. The molecule has 2 rings (SSSR count). The van der Waals surface area contributed by atoms with Crippen molar-refractivity contribution in [2.75, 3.05) is 26.3 Å². The van der Waals surface area contributed by atoms with Crippen molar-refractivity contribution in [3.05, 3.63) is 23.8 Å². The maximum absolute atomic E-state index is 5.66. The Morgan fingerprint density at radius 1 is 1.16 bits per heavy atom. The first-order valence-corrected chi connectivity index (χ1v) is 7.10. The normalized spacial score (nSPS) is 14.8. The highest BCUT2D eigenvalue weighted by molar-refractivity contribution is 5.45. The first-order chi connectivity index (χ1) is 8.99. The molecule has 0 saturated heterocycles. The number of rotatable bonds is 5. The zero-order valence-electron chi connectivity index (χ0n) is 12.5. The van der Waals surface area contributed by atoms with Crippen LogP contribution in [0.1, 0.15) is 33.3 Å². The molecule has 0 bridgehead atoms. The molecule has 1 aromatic carbocycles. The van der Waals surface area contributed by atoms with Gasteiger partial charge in [-0.15, -0.1) is 0 Å². The Kier molecular flexibility index (Phi) is 4.35. The molecule has 0 aromatic heterocycles. The Hall–Kier alpha value is -1.22. The third-order valence-corrected chi connectivity index (χ3v) is 3.44. The highest BCUT2D eigenvalue weighted by Crippen LogP contribution is 2.34. The second kappa shape index (κ2) is 5.83. The zero-order valence-corrected chi connectivity index (χ0v) is 12.5. The average Bonchev–Trinajstić information content (AvgIpc) is 2.37. The van der Waals surface area contributed by atoms with Gasteiger partial charge in [0.2, 0.25) is 0 Å². The second-order valence-corrected chi connectivity index (χ2v) is 6.27. The second-order valence-electron chi connectivity index (χ2n) is 6.27. The van der Waals surface area contributed by atoms with E-state index in [0.29, 0.717) is 19.1 Å². The quantitative estimate of drug-likeness (QED) is 0.886. The molecule has 106 valence electrons. The number of nitrogens with one attached hydrogen (secondary N) is 1. The predicted octanol–water partition coefficient (Wildman–Crippen LogP) is 2.98. The van der Waals surface area contributed by atoms with E-state index in [1.165, 1.54) is 5.56 Å². The van der Waals surface area contributed by atoms with E-state index in [1.54, 1.807) is 0 Å². The maximum Gasteiger partial charge on any atom is 0.161 e. The van der Waals surface area contributed by atoms with Crippen molar-refractivity contribution < 1.29 is 9.47 Å². The highest BCUT2D eigenvalue weighted by atomic mass is 16.6. The summed E-state index contributed by atoms with van der Waals surface area (Å²) >= 11 is 0. The minimum atomic E-state index is 0.0880. The van der Waals surface area contributed by atoms with Crippen molar-refractivity contribution in [3.8, 4) is 11.5 Å². The molecule has 1 aliphatic heterocycles. The summed E-state index contributed by atoms with van der Waals surface area (Å²) in [6.07, 6.45) is 0. The Morgan fingerprint density at radius 3 is 2.53 bits per heavy atom. The number of ether oxygens (including phenoxy) is 2. The van der Waals surface area contributed by atoms with Crippen LogP contribution >= 0.6 is 0 Å². The van der Waals surface area contributed by atoms with Gasteiger partial charge in [0, 0.05) is 12.0 Å². The van der Waals surface area contributed by atoms with Gasteiger partial charge in [-0.05, 0) is 30.2 Å². The van der Waals surface area contributed by atoms with Gasteiger partial charge in [-0.2, -0.15) is 0 Å². The van der Waals surface area contributed by atoms with Crippen LogP contribution in [-0.2, 0) is 5.41 Å². The summed E-state index contributed by atoms with van der Waals surface area (Å²) in [5, 5.41) is 3.53. The lowest BCUT2D eigenvalue weighted by atomic mass is 9.84. The van der Waals surface area contributed by atoms with Gasteiger partial charge in [-0.1, -0.05) is 33.8 Å². The van der Waals surface area contributed by atoms with Crippen molar-refractivity contribution in [3.63, 3.8) is 0 Å². The fraction of sp³-hybridized carbons (Fsp3) is 0.625. The third kappa shape index (κ3) is 3.63. The van der Waals surface area contributed by atoms with Gasteiger partial charge in [-0.3, -0.25) is 0 Å².